The number of aryl methyl sites for hydroxylation is 2. The zero-order valence-electron chi connectivity index (χ0n) is 22.9. The van der Waals surface area contributed by atoms with Crippen molar-refractivity contribution < 1.29 is 18.8 Å². The number of benzene rings is 4. The van der Waals surface area contributed by atoms with E-state index >= 15 is 0 Å². The van der Waals surface area contributed by atoms with E-state index in [1.165, 1.54) is 42.1 Å². The van der Waals surface area contributed by atoms with Crippen molar-refractivity contribution in [2.75, 3.05) is 10.6 Å². The highest BCUT2D eigenvalue weighted by atomic mass is 32.2. The summed E-state index contributed by atoms with van der Waals surface area (Å²) in [5, 5.41) is 8.12. The second kappa shape index (κ2) is 13.6. The molecular formula is C33H30FN3O3S. The van der Waals surface area contributed by atoms with Crippen LogP contribution in [0.25, 0.3) is 6.08 Å². The SMILES string of the molecule is Cc1cccc(C)c1NC(=O)C(C)Sc1ccc(NC(=O)/C(=C/c2ccc(F)cc2)NC(=O)c2ccccc2)cc1. The topological polar surface area (TPSA) is 87.3 Å². The molecule has 0 radical (unpaired) electrons. The van der Waals surface area contributed by atoms with Gasteiger partial charge in [-0.2, -0.15) is 0 Å². The Morgan fingerprint density at radius 2 is 1.41 bits per heavy atom. The van der Waals surface area contributed by atoms with Crippen molar-refractivity contribution in [2.45, 2.75) is 30.9 Å². The quantitative estimate of drug-likeness (QED) is 0.151. The van der Waals surface area contributed by atoms with Crippen LogP contribution >= 0.6 is 11.8 Å². The lowest BCUT2D eigenvalue weighted by molar-refractivity contribution is -0.115. The molecule has 1 unspecified atom stereocenters. The van der Waals surface area contributed by atoms with E-state index in [4.69, 9.17) is 0 Å². The monoisotopic (exact) mass is 567 g/mol. The number of hydrogen-bond acceptors (Lipinski definition) is 4. The van der Waals surface area contributed by atoms with E-state index in [1.807, 2.05) is 51.1 Å². The summed E-state index contributed by atoms with van der Waals surface area (Å²) < 4.78 is 13.4. The number of halogens is 1. The molecule has 0 aliphatic heterocycles. The molecule has 0 saturated heterocycles. The average molecular weight is 568 g/mol. The molecule has 0 saturated carbocycles. The van der Waals surface area contributed by atoms with E-state index in [1.54, 1.807) is 42.5 Å². The third-order valence-electron chi connectivity index (χ3n) is 6.23. The number of para-hydroxylation sites is 1. The van der Waals surface area contributed by atoms with Crippen molar-refractivity contribution >= 4 is 46.9 Å². The van der Waals surface area contributed by atoms with Gasteiger partial charge in [0.15, 0.2) is 0 Å². The predicted octanol–water partition coefficient (Wildman–Crippen LogP) is 6.97. The lowest BCUT2D eigenvalue weighted by Crippen LogP contribution is -2.30. The van der Waals surface area contributed by atoms with Crippen LogP contribution < -0.4 is 16.0 Å². The molecule has 6 nitrogen and oxygen atoms in total. The van der Waals surface area contributed by atoms with Gasteiger partial charge >= 0.3 is 0 Å². The molecule has 1 atom stereocenters. The third kappa shape index (κ3) is 8.16. The summed E-state index contributed by atoms with van der Waals surface area (Å²) in [5.74, 6) is -1.50. The molecule has 3 amide bonds. The van der Waals surface area contributed by atoms with Gasteiger partial charge in [0, 0.05) is 21.8 Å². The molecule has 0 spiro atoms. The fraction of sp³-hybridized carbons (Fsp3) is 0.121. The molecule has 4 rings (SSSR count). The highest BCUT2D eigenvalue weighted by molar-refractivity contribution is 8.00. The fourth-order valence-corrected chi connectivity index (χ4v) is 4.84. The van der Waals surface area contributed by atoms with Gasteiger partial charge in [0.2, 0.25) is 5.91 Å². The Labute approximate surface area is 243 Å². The van der Waals surface area contributed by atoms with E-state index in [0.29, 0.717) is 16.8 Å². The Bertz CT molecular complexity index is 1550. The summed E-state index contributed by atoms with van der Waals surface area (Å²) in [5.41, 5.74) is 4.28. The van der Waals surface area contributed by atoms with Gasteiger partial charge in [0.1, 0.15) is 11.5 Å². The number of anilines is 2. The summed E-state index contributed by atoms with van der Waals surface area (Å²) in [6.45, 7) is 5.76. The van der Waals surface area contributed by atoms with Gasteiger partial charge < -0.3 is 16.0 Å². The van der Waals surface area contributed by atoms with Gasteiger partial charge in [-0.1, -0.05) is 48.5 Å². The Hall–Kier alpha value is -4.69. The van der Waals surface area contributed by atoms with Crippen LogP contribution in [0.15, 0.2) is 108 Å². The van der Waals surface area contributed by atoms with Crippen LogP contribution in [0.1, 0.15) is 34.0 Å². The van der Waals surface area contributed by atoms with Crippen LogP contribution in [0.2, 0.25) is 0 Å². The minimum atomic E-state index is -0.541. The summed E-state index contributed by atoms with van der Waals surface area (Å²) in [7, 11) is 0. The van der Waals surface area contributed by atoms with Crippen LogP contribution in [0.4, 0.5) is 15.8 Å². The predicted molar refractivity (Wildman–Crippen MR) is 163 cm³/mol. The maximum absolute atomic E-state index is 13.4. The van der Waals surface area contributed by atoms with Gasteiger partial charge in [-0.25, -0.2) is 4.39 Å². The molecule has 208 valence electrons. The number of amides is 3. The molecule has 3 N–H and O–H groups in total. The molecule has 0 heterocycles. The fourth-order valence-electron chi connectivity index (χ4n) is 3.98. The van der Waals surface area contributed by atoms with Crippen molar-refractivity contribution in [3.63, 3.8) is 0 Å². The van der Waals surface area contributed by atoms with Crippen LogP contribution in [-0.4, -0.2) is 23.0 Å². The van der Waals surface area contributed by atoms with Crippen molar-refractivity contribution in [3.05, 3.63) is 131 Å². The van der Waals surface area contributed by atoms with Gasteiger partial charge in [0.25, 0.3) is 11.8 Å². The Balaban J connectivity index is 1.43. The molecule has 0 aliphatic carbocycles. The summed E-state index contributed by atoms with van der Waals surface area (Å²) in [6, 6.07) is 27.1. The first-order valence-corrected chi connectivity index (χ1v) is 13.9. The van der Waals surface area contributed by atoms with Crippen molar-refractivity contribution in [3.8, 4) is 0 Å². The van der Waals surface area contributed by atoms with Crippen LogP contribution in [0.5, 0.6) is 0 Å². The lowest BCUT2D eigenvalue weighted by Gasteiger charge is -2.16. The number of nitrogens with one attached hydrogen (secondary N) is 3. The number of thioether (sulfide) groups is 1. The first-order valence-electron chi connectivity index (χ1n) is 13.0. The maximum atomic E-state index is 13.4. The minimum Gasteiger partial charge on any atom is -0.325 e. The zero-order chi connectivity index (χ0) is 29.4. The van der Waals surface area contributed by atoms with Gasteiger partial charge in [-0.15, -0.1) is 11.8 Å². The molecule has 4 aromatic carbocycles. The van der Waals surface area contributed by atoms with Crippen molar-refractivity contribution in [2.24, 2.45) is 0 Å². The van der Waals surface area contributed by atoms with Crippen molar-refractivity contribution in [1.29, 1.82) is 0 Å². The van der Waals surface area contributed by atoms with Crippen LogP contribution in [0.3, 0.4) is 0 Å². The number of carbonyl (C=O) groups is 3. The van der Waals surface area contributed by atoms with Crippen LogP contribution in [-0.2, 0) is 9.59 Å². The lowest BCUT2D eigenvalue weighted by atomic mass is 10.1. The highest BCUT2D eigenvalue weighted by Gasteiger charge is 2.18. The van der Waals surface area contributed by atoms with E-state index < -0.39 is 17.6 Å². The van der Waals surface area contributed by atoms with E-state index in [9.17, 15) is 18.8 Å². The van der Waals surface area contributed by atoms with Gasteiger partial charge in [0.05, 0.1) is 5.25 Å². The van der Waals surface area contributed by atoms with E-state index in [-0.39, 0.29) is 16.9 Å². The molecule has 0 aromatic heterocycles. The molecule has 0 aliphatic rings. The maximum Gasteiger partial charge on any atom is 0.272 e. The molecule has 8 heteroatoms. The summed E-state index contributed by atoms with van der Waals surface area (Å²) in [6.07, 6.45) is 1.48. The van der Waals surface area contributed by atoms with E-state index in [2.05, 4.69) is 16.0 Å². The van der Waals surface area contributed by atoms with Gasteiger partial charge in [-0.3, -0.25) is 14.4 Å². The standard InChI is InChI=1S/C33H30FN3O3S/c1-21-8-7-9-22(2)30(21)37-31(38)23(3)41-28-18-16-27(17-19-28)35-33(40)29(20-24-12-14-26(34)15-13-24)36-32(39)25-10-5-4-6-11-25/h4-20,23H,1-3H3,(H,35,40)(H,36,39)(H,37,38)/b29-20-. The molecular weight excluding hydrogens is 537 g/mol. The Morgan fingerprint density at radius 1 is 0.780 bits per heavy atom. The molecule has 0 bridgehead atoms. The number of rotatable bonds is 9. The second-order valence-corrected chi connectivity index (χ2v) is 10.8. The largest absolute Gasteiger partial charge is 0.325 e. The molecule has 41 heavy (non-hydrogen) atoms. The normalized spacial score (nSPS) is 11.9. The smallest absolute Gasteiger partial charge is 0.272 e. The van der Waals surface area contributed by atoms with E-state index in [0.717, 1.165) is 21.7 Å². The summed E-state index contributed by atoms with van der Waals surface area (Å²) in [4.78, 5) is 39.7. The molecule has 4 aromatic rings. The van der Waals surface area contributed by atoms with Gasteiger partial charge in [-0.05, 0) is 92.1 Å². The zero-order valence-corrected chi connectivity index (χ0v) is 23.7. The average Bonchev–Trinajstić information content (AvgIpc) is 2.97. The van der Waals surface area contributed by atoms with Crippen LogP contribution in [0, 0.1) is 19.7 Å². The summed E-state index contributed by atoms with van der Waals surface area (Å²) >= 11 is 1.40. The minimum absolute atomic E-state index is 0.000653. The third-order valence-corrected chi connectivity index (χ3v) is 7.35. The Morgan fingerprint density at radius 3 is 2.05 bits per heavy atom. The second-order valence-electron chi connectivity index (χ2n) is 9.42. The number of hydrogen-bond donors (Lipinski definition) is 3. The first kappa shape index (κ1) is 29.3. The Kier molecular flexibility index (Phi) is 9.71. The molecule has 0 fully saturated rings. The number of carbonyl (C=O) groups excluding carboxylic acids is 3. The highest BCUT2D eigenvalue weighted by Crippen LogP contribution is 2.27. The first-order chi connectivity index (χ1) is 19.7. The van der Waals surface area contributed by atoms with Crippen molar-refractivity contribution in [1.82, 2.24) is 5.32 Å².